The van der Waals surface area contributed by atoms with E-state index in [1.807, 2.05) is 22.6 Å². The number of nitrogens with one attached hydrogen (secondary N) is 1. The van der Waals surface area contributed by atoms with E-state index in [2.05, 4.69) is 22.3 Å². The summed E-state index contributed by atoms with van der Waals surface area (Å²) in [7, 11) is 0. The third-order valence-electron chi connectivity index (χ3n) is 0.285. The lowest BCUT2D eigenvalue weighted by atomic mass is 11.3. The molecule has 0 aliphatic carbocycles. The minimum absolute atomic E-state index is 0.521. The predicted octanol–water partition coefficient (Wildman–Crippen LogP) is -0.144. The Hall–Kier alpha value is -0.330. The molecule has 3 N–H and O–H groups in total. The molecule has 0 heterocycles. The third-order valence-corrected chi connectivity index (χ3v) is 0.804. The Morgan fingerprint density at radius 2 is 2.43 bits per heavy atom. The van der Waals surface area contributed by atoms with Crippen LogP contribution in [0.15, 0.2) is 10.2 Å². The van der Waals surface area contributed by atoms with Crippen molar-refractivity contribution in [2.45, 2.75) is 0 Å². The highest BCUT2D eigenvalue weighted by molar-refractivity contribution is 14.1. The van der Waals surface area contributed by atoms with Crippen LogP contribution in [0.5, 0.6) is 0 Å². The quantitative estimate of drug-likeness (QED) is 0.158. The molecule has 7 heavy (non-hydrogen) atoms. The summed E-state index contributed by atoms with van der Waals surface area (Å²) >= 11 is 1.89. The highest BCUT2D eigenvalue weighted by Crippen LogP contribution is 1.79. The van der Waals surface area contributed by atoms with E-state index in [1.54, 1.807) is 0 Å². The average Bonchev–Trinajstić information content (AvgIpc) is 1.68. The van der Waals surface area contributed by atoms with Crippen LogP contribution >= 0.6 is 22.6 Å². The second-order valence-electron chi connectivity index (χ2n) is 0.690. The van der Waals surface area contributed by atoms with E-state index in [0.717, 1.165) is 0 Å². The molecular weight excluding hydrogens is 207 g/mol. The highest BCUT2D eigenvalue weighted by atomic mass is 127. The van der Waals surface area contributed by atoms with Crippen molar-refractivity contribution in [2.24, 2.45) is 16.0 Å². The van der Waals surface area contributed by atoms with Gasteiger partial charge in [-0.3, -0.25) is 5.43 Å². The largest absolute Gasteiger partial charge is 0.321 e. The van der Waals surface area contributed by atoms with Crippen LogP contribution in [0.1, 0.15) is 0 Å². The SMILES string of the molecule is C=NN/C(I)=N\N. The lowest BCUT2D eigenvalue weighted by Gasteiger charge is -1.88. The van der Waals surface area contributed by atoms with E-state index >= 15 is 0 Å². The summed E-state index contributed by atoms with van der Waals surface area (Å²) in [4.78, 5) is 0. The zero-order chi connectivity index (χ0) is 5.70. The van der Waals surface area contributed by atoms with Gasteiger partial charge in [0.05, 0.1) is 0 Å². The summed E-state index contributed by atoms with van der Waals surface area (Å²) < 4.78 is 0.521. The summed E-state index contributed by atoms with van der Waals surface area (Å²) in [6.45, 7) is 3.15. The zero-order valence-corrected chi connectivity index (χ0v) is 5.71. The van der Waals surface area contributed by atoms with Crippen molar-refractivity contribution < 1.29 is 0 Å². The number of hydrogen-bond acceptors (Lipinski definition) is 3. The van der Waals surface area contributed by atoms with Crippen LogP contribution in [0, 0.1) is 0 Å². The van der Waals surface area contributed by atoms with Gasteiger partial charge >= 0.3 is 0 Å². The molecule has 0 amide bonds. The Morgan fingerprint density at radius 3 is 2.57 bits per heavy atom. The first kappa shape index (κ1) is 6.67. The molecule has 0 aromatic carbocycles. The fourth-order valence-electron chi connectivity index (χ4n) is 0.0941. The standard InChI is InChI=1S/C2H5IN4/c1-5-7-2(3)6-4/h1,4H2,(H,6,7). The number of hydrogen-bond donors (Lipinski definition) is 2. The van der Waals surface area contributed by atoms with Gasteiger partial charge in [-0.2, -0.15) is 10.2 Å². The molecule has 0 saturated heterocycles. The molecule has 0 aliphatic heterocycles. The molecule has 0 aliphatic rings. The van der Waals surface area contributed by atoms with E-state index in [1.165, 1.54) is 0 Å². The van der Waals surface area contributed by atoms with Crippen molar-refractivity contribution in [3.63, 3.8) is 0 Å². The molecular formula is C2H5IN4. The van der Waals surface area contributed by atoms with Crippen LogP contribution in [0.25, 0.3) is 0 Å². The van der Waals surface area contributed by atoms with Gasteiger partial charge in [-0.1, -0.05) is 0 Å². The molecule has 0 aromatic heterocycles. The molecule has 0 bridgehead atoms. The van der Waals surface area contributed by atoms with Gasteiger partial charge < -0.3 is 5.84 Å². The number of hydrazone groups is 2. The molecule has 5 heteroatoms. The fraction of sp³-hybridized carbons (Fsp3) is 0. The monoisotopic (exact) mass is 212 g/mol. The first-order valence-electron chi connectivity index (χ1n) is 1.46. The van der Waals surface area contributed by atoms with Crippen molar-refractivity contribution in [1.82, 2.24) is 5.43 Å². The average molecular weight is 212 g/mol. The molecule has 0 rings (SSSR count). The van der Waals surface area contributed by atoms with Crippen molar-refractivity contribution in [3.05, 3.63) is 0 Å². The Bertz CT molecular complexity index is 87.7. The van der Waals surface area contributed by atoms with Crippen LogP contribution in [0.2, 0.25) is 0 Å². The van der Waals surface area contributed by atoms with Crippen molar-refractivity contribution in [1.29, 1.82) is 0 Å². The highest BCUT2D eigenvalue weighted by Gasteiger charge is 1.79. The maximum atomic E-state index is 4.79. The van der Waals surface area contributed by atoms with E-state index in [-0.39, 0.29) is 0 Å². The van der Waals surface area contributed by atoms with Crippen molar-refractivity contribution in [3.8, 4) is 0 Å². The van der Waals surface area contributed by atoms with E-state index in [4.69, 9.17) is 5.84 Å². The second-order valence-corrected chi connectivity index (χ2v) is 1.71. The zero-order valence-electron chi connectivity index (χ0n) is 3.56. The third kappa shape index (κ3) is 3.50. The number of halogens is 1. The summed E-state index contributed by atoms with van der Waals surface area (Å²) in [5, 5.41) is 6.52. The lowest BCUT2D eigenvalue weighted by Crippen LogP contribution is -2.10. The van der Waals surface area contributed by atoms with Crippen LogP contribution in [-0.2, 0) is 0 Å². The summed E-state index contributed by atoms with van der Waals surface area (Å²) in [6.07, 6.45) is 0. The number of amidine groups is 1. The second kappa shape index (κ2) is 3.85. The van der Waals surface area contributed by atoms with Gasteiger partial charge in [0.2, 0.25) is 3.84 Å². The molecule has 0 atom stereocenters. The Labute approximate surface area is 55.0 Å². The van der Waals surface area contributed by atoms with Gasteiger partial charge in [0, 0.05) is 29.3 Å². The van der Waals surface area contributed by atoms with E-state index in [9.17, 15) is 0 Å². The maximum absolute atomic E-state index is 4.79. The van der Waals surface area contributed by atoms with E-state index in [0.29, 0.717) is 3.84 Å². The molecule has 0 spiro atoms. The van der Waals surface area contributed by atoms with Crippen LogP contribution in [0.4, 0.5) is 0 Å². The topological polar surface area (TPSA) is 62.8 Å². The molecule has 0 fully saturated rings. The molecule has 0 saturated carbocycles. The minimum Gasteiger partial charge on any atom is -0.321 e. The minimum atomic E-state index is 0.521. The summed E-state index contributed by atoms with van der Waals surface area (Å²) in [6, 6.07) is 0. The molecule has 40 valence electrons. The number of nitrogens with two attached hydrogens (primary N) is 1. The number of rotatable bonds is 1. The number of nitrogens with zero attached hydrogens (tertiary/aromatic N) is 2. The van der Waals surface area contributed by atoms with Gasteiger partial charge in [-0.15, -0.1) is 0 Å². The van der Waals surface area contributed by atoms with Crippen LogP contribution in [-0.4, -0.2) is 10.6 Å². The first-order chi connectivity index (χ1) is 3.31. The van der Waals surface area contributed by atoms with Gasteiger partial charge in [-0.05, 0) is 0 Å². The summed E-state index contributed by atoms with van der Waals surface area (Å²) in [5.74, 6) is 4.79. The van der Waals surface area contributed by atoms with Crippen molar-refractivity contribution >= 4 is 33.2 Å². The van der Waals surface area contributed by atoms with Gasteiger partial charge in [0.15, 0.2) is 0 Å². The molecule has 4 nitrogen and oxygen atoms in total. The maximum Gasteiger partial charge on any atom is 0.203 e. The lowest BCUT2D eigenvalue weighted by molar-refractivity contribution is 1.04. The Morgan fingerprint density at radius 1 is 1.86 bits per heavy atom. The van der Waals surface area contributed by atoms with E-state index < -0.39 is 0 Å². The molecule has 0 unspecified atom stereocenters. The van der Waals surface area contributed by atoms with Crippen LogP contribution < -0.4 is 11.3 Å². The van der Waals surface area contributed by atoms with Gasteiger partial charge in [0.25, 0.3) is 0 Å². The van der Waals surface area contributed by atoms with Crippen molar-refractivity contribution in [2.75, 3.05) is 0 Å². The molecule has 0 radical (unpaired) electrons. The smallest absolute Gasteiger partial charge is 0.203 e. The Kier molecular flexibility index (Phi) is 3.67. The Balaban J connectivity index is 3.36. The first-order valence-corrected chi connectivity index (χ1v) is 2.54. The predicted molar refractivity (Wildman–Crippen MR) is 38.3 cm³/mol. The van der Waals surface area contributed by atoms with Crippen LogP contribution in [0.3, 0.4) is 0 Å². The van der Waals surface area contributed by atoms with Gasteiger partial charge in [-0.25, -0.2) is 0 Å². The normalized spacial score (nSPS) is 10.7. The fourth-order valence-corrected chi connectivity index (χ4v) is 0.265. The molecule has 0 aromatic rings. The summed E-state index contributed by atoms with van der Waals surface area (Å²) in [5.41, 5.74) is 2.42. The van der Waals surface area contributed by atoms with Gasteiger partial charge in [0.1, 0.15) is 0 Å².